The van der Waals surface area contributed by atoms with E-state index in [9.17, 15) is 25.2 Å². The largest absolute Gasteiger partial charge is 0.458 e. The number of fused-ring (bicyclic) bond motifs is 8. The molecule has 0 spiro atoms. The summed E-state index contributed by atoms with van der Waals surface area (Å²) in [5.74, 6) is 0.201. The summed E-state index contributed by atoms with van der Waals surface area (Å²) in [6.07, 6.45) is 0.919. The predicted octanol–water partition coefficient (Wildman–Crippen LogP) is 2.34. The highest BCUT2D eigenvalue weighted by Crippen LogP contribution is 2.72. The van der Waals surface area contributed by atoms with Crippen molar-refractivity contribution in [3.05, 3.63) is 11.1 Å². The van der Waals surface area contributed by atoms with Crippen LogP contribution in [-0.4, -0.2) is 68.6 Å². The van der Waals surface area contributed by atoms with Gasteiger partial charge in [-0.2, -0.15) is 0 Å². The van der Waals surface area contributed by atoms with Gasteiger partial charge >= 0.3 is 5.97 Å². The van der Waals surface area contributed by atoms with Crippen molar-refractivity contribution in [3.63, 3.8) is 0 Å². The fraction of sp³-hybridized carbons (Fsp3) is 0.893. The minimum Gasteiger partial charge on any atom is -0.458 e. The van der Waals surface area contributed by atoms with Crippen LogP contribution in [0.3, 0.4) is 0 Å². The predicted molar refractivity (Wildman–Crippen MR) is 127 cm³/mol. The van der Waals surface area contributed by atoms with Crippen LogP contribution in [0.2, 0.25) is 0 Å². The number of aliphatic hydroxyl groups is 4. The van der Waals surface area contributed by atoms with E-state index in [2.05, 4.69) is 13.8 Å². The van der Waals surface area contributed by atoms with Crippen LogP contribution < -0.4 is 0 Å². The van der Waals surface area contributed by atoms with Gasteiger partial charge in [-0.3, -0.25) is 0 Å². The molecule has 0 aromatic rings. The normalized spacial score (nSPS) is 58.0. The Hall–Kier alpha value is -0.990. The van der Waals surface area contributed by atoms with Gasteiger partial charge in [-0.25, -0.2) is 4.79 Å². The highest BCUT2D eigenvalue weighted by molar-refractivity contribution is 5.89. The molecule has 4 aliphatic carbocycles. The van der Waals surface area contributed by atoms with Gasteiger partial charge in [0.2, 0.25) is 0 Å². The Bertz CT molecular complexity index is 963. The number of hydrogen-bond donors (Lipinski definition) is 4. The van der Waals surface area contributed by atoms with Crippen LogP contribution >= 0.6 is 0 Å². The molecule has 7 heteroatoms. The number of carbonyl (C=O) groups excluding carboxylic acids is 1. The third-order valence-corrected chi connectivity index (χ3v) is 12.1. The van der Waals surface area contributed by atoms with Gasteiger partial charge in [0.05, 0.1) is 24.4 Å². The number of rotatable bonds is 2. The summed E-state index contributed by atoms with van der Waals surface area (Å²) in [4.78, 5) is 12.4. The van der Waals surface area contributed by atoms with Crippen LogP contribution in [0.1, 0.15) is 73.1 Å². The number of carbonyl (C=O) groups is 1. The van der Waals surface area contributed by atoms with Crippen molar-refractivity contribution in [2.75, 3.05) is 0 Å². The Kier molecular flexibility index (Phi) is 5.24. The molecule has 6 aliphatic rings. The molecule has 0 aromatic carbocycles. The molecule has 0 unspecified atom stereocenters. The fourth-order valence-electron chi connectivity index (χ4n) is 10.0. The first-order valence-corrected chi connectivity index (χ1v) is 13.6. The van der Waals surface area contributed by atoms with E-state index in [1.165, 1.54) is 0 Å². The molecular weight excluding hydrogens is 448 g/mol. The maximum atomic E-state index is 12.4. The highest BCUT2D eigenvalue weighted by Gasteiger charge is 2.78. The van der Waals surface area contributed by atoms with Crippen molar-refractivity contribution in [3.8, 4) is 0 Å². The lowest BCUT2D eigenvalue weighted by molar-refractivity contribution is -0.250. The number of aliphatic hydroxyl groups excluding tert-OH is 3. The second-order valence-electron chi connectivity index (χ2n) is 13.4. The number of ether oxygens (including phenoxy) is 2. The third-order valence-electron chi connectivity index (χ3n) is 12.1. The van der Waals surface area contributed by atoms with Crippen LogP contribution in [0.4, 0.5) is 0 Å². The standard InChI is InChI=1S/C28H42O7/c1-12-8-19(34-25(32)13(12)2)14(3)22-18(30)10-17-21-16(6-7-26(17,22)4)27(5)20(31)9-15(29)11-28(27,33)24-23(21)35-24/h14-24,29-31,33H,6-11H2,1-5H3/t14-,15-,16+,17-,18+,19-,20-,21-,22-,23-,24-,26-,27-,28-/m0/s1. The molecule has 4 saturated carbocycles. The number of cyclic esters (lactones) is 1. The molecule has 7 nitrogen and oxygen atoms in total. The average Bonchev–Trinajstić information content (AvgIpc) is 3.53. The SMILES string of the molecule is CC1=C(C)C(=O)O[C@H]([C@H](C)[C@H]2[C@H](O)C[C@H]3[C@H]4[C@@H]5O[C@@H]5[C@@]5(O)C[C@@H](O)C[C@H](O)[C@]5(C)[C@@H]4CC[C@]23C)C1. The molecule has 35 heavy (non-hydrogen) atoms. The Morgan fingerprint density at radius 1 is 1.09 bits per heavy atom. The van der Waals surface area contributed by atoms with Gasteiger partial charge < -0.3 is 29.9 Å². The summed E-state index contributed by atoms with van der Waals surface area (Å²) in [6.45, 7) is 10.2. The van der Waals surface area contributed by atoms with Crippen molar-refractivity contribution >= 4 is 5.97 Å². The van der Waals surface area contributed by atoms with Crippen molar-refractivity contribution in [2.24, 2.45) is 40.4 Å². The molecule has 6 rings (SSSR count). The number of hydrogen-bond acceptors (Lipinski definition) is 7. The van der Waals surface area contributed by atoms with E-state index in [-0.39, 0.29) is 72.1 Å². The molecule has 0 radical (unpaired) electrons. The second-order valence-corrected chi connectivity index (χ2v) is 13.4. The molecule has 196 valence electrons. The molecular formula is C28H42O7. The Labute approximate surface area is 207 Å². The lowest BCUT2D eigenvalue weighted by Gasteiger charge is -2.63. The molecule has 0 bridgehead atoms. The van der Waals surface area contributed by atoms with Crippen molar-refractivity contribution in [1.29, 1.82) is 0 Å². The van der Waals surface area contributed by atoms with Crippen molar-refractivity contribution in [2.45, 2.75) is 115 Å². The highest BCUT2D eigenvalue weighted by atomic mass is 16.6. The zero-order valence-electron chi connectivity index (χ0n) is 21.6. The van der Waals surface area contributed by atoms with Gasteiger partial charge in [0, 0.05) is 23.8 Å². The Morgan fingerprint density at radius 3 is 2.49 bits per heavy atom. The minimum atomic E-state index is -1.23. The Morgan fingerprint density at radius 2 is 1.80 bits per heavy atom. The number of esters is 1. The van der Waals surface area contributed by atoms with E-state index in [0.29, 0.717) is 18.4 Å². The van der Waals surface area contributed by atoms with Gasteiger partial charge in [0.15, 0.2) is 0 Å². The van der Waals surface area contributed by atoms with E-state index in [0.717, 1.165) is 18.4 Å². The molecule has 2 heterocycles. The van der Waals surface area contributed by atoms with Gasteiger partial charge in [-0.15, -0.1) is 0 Å². The van der Waals surface area contributed by atoms with Crippen LogP contribution in [0.5, 0.6) is 0 Å². The summed E-state index contributed by atoms with van der Waals surface area (Å²) >= 11 is 0. The molecule has 4 N–H and O–H groups in total. The first-order chi connectivity index (χ1) is 16.3. The molecule has 0 amide bonds. The summed E-state index contributed by atoms with van der Waals surface area (Å²) in [5, 5.41) is 44.9. The molecule has 5 fully saturated rings. The zero-order valence-corrected chi connectivity index (χ0v) is 21.6. The lowest BCUT2D eigenvalue weighted by Crippen LogP contribution is -2.71. The lowest BCUT2D eigenvalue weighted by atomic mass is 9.42. The van der Waals surface area contributed by atoms with Gasteiger partial charge in [0.25, 0.3) is 0 Å². The fourth-order valence-corrected chi connectivity index (χ4v) is 10.0. The van der Waals surface area contributed by atoms with E-state index >= 15 is 0 Å². The number of epoxide rings is 1. The monoisotopic (exact) mass is 490 g/mol. The van der Waals surface area contributed by atoms with E-state index in [1.54, 1.807) is 0 Å². The summed E-state index contributed by atoms with van der Waals surface area (Å²) in [5.41, 5.74) is -0.355. The van der Waals surface area contributed by atoms with Gasteiger partial charge in [0.1, 0.15) is 17.8 Å². The van der Waals surface area contributed by atoms with Crippen LogP contribution in [-0.2, 0) is 14.3 Å². The van der Waals surface area contributed by atoms with Gasteiger partial charge in [-0.1, -0.05) is 26.3 Å². The van der Waals surface area contributed by atoms with Crippen LogP contribution in [0, 0.1) is 40.4 Å². The van der Waals surface area contributed by atoms with Crippen molar-refractivity contribution in [1.82, 2.24) is 0 Å². The Balaban J connectivity index is 1.32. The second kappa shape index (κ2) is 7.53. The maximum Gasteiger partial charge on any atom is 0.333 e. The van der Waals surface area contributed by atoms with Gasteiger partial charge in [-0.05, 0) is 74.5 Å². The molecule has 0 aromatic heterocycles. The maximum absolute atomic E-state index is 12.4. The topological polar surface area (TPSA) is 120 Å². The third kappa shape index (κ3) is 2.99. The summed E-state index contributed by atoms with van der Waals surface area (Å²) in [7, 11) is 0. The van der Waals surface area contributed by atoms with E-state index in [4.69, 9.17) is 9.47 Å². The van der Waals surface area contributed by atoms with E-state index < -0.39 is 29.3 Å². The minimum absolute atomic E-state index is 0.00127. The quantitative estimate of drug-likeness (QED) is 0.346. The molecule has 14 atom stereocenters. The van der Waals surface area contributed by atoms with Crippen LogP contribution in [0.25, 0.3) is 0 Å². The molecule has 1 saturated heterocycles. The zero-order chi connectivity index (χ0) is 25.2. The first kappa shape index (κ1) is 24.4. The first-order valence-electron chi connectivity index (χ1n) is 13.6. The molecule has 2 aliphatic heterocycles. The smallest absolute Gasteiger partial charge is 0.333 e. The summed E-state index contributed by atoms with van der Waals surface area (Å²) < 4.78 is 12.0. The van der Waals surface area contributed by atoms with Crippen LogP contribution in [0.15, 0.2) is 11.1 Å². The van der Waals surface area contributed by atoms with Crippen molar-refractivity contribution < 1.29 is 34.7 Å². The average molecular weight is 491 g/mol. The van der Waals surface area contributed by atoms with E-state index in [1.807, 2.05) is 20.8 Å². The summed E-state index contributed by atoms with van der Waals surface area (Å²) in [6, 6.07) is 0.